The van der Waals surface area contributed by atoms with Crippen LogP contribution in [0.25, 0.3) is 0 Å². The average Bonchev–Trinajstić information content (AvgIpc) is 1.79. The molecule has 0 aromatic carbocycles. The molecule has 0 heterocycles. The maximum absolute atomic E-state index is 12.4. The number of hydrogen-bond donors (Lipinski definition) is 0. The van der Waals surface area contributed by atoms with Gasteiger partial charge in [-0.3, -0.25) is 0 Å². The van der Waals surface area contributed by atoms with Gasteiger partial charge in [0, 0.05) is 0 Å². The quantitative estimate of drug-likeness (QED) is 0.721. The number of carbonyl (C=O) groups excluding carboxylic acids is 1. The maximum atomic E-state index is 12.4. The molecule has 0 bridgehead atoms. The molecule has 84 valence electrons. The van der Waals surface area contributed by atoms with Crippen LogP contribution in [0.2, 0.25) is 24.3 Å². The van der Waals surface area contributed by atoms with E-state index in [4.69, 9.17) is 0 Å². The molecule has 0 aliphatic carbocycles. The van der Waals surface area contributed by atoms with E-state index < -0.39 is 20.5 Å². The number of rotatable bonds is 3. The van der Waals surface area contributed by atoms with Crippen LogP contribution in [-0.2, 0) is 4.79 Å². The van der Waals surface area contributed by atoms with Crippen LogP contribution in [0.3, 0.4) is 0 Å². The summed E-state index contributed by atoms with van der Waals surface area (Å²) in [5.74, 6) is 0. The summed E-state index contributed by atoms with van der Waals surface area (Å²) in [7, 11) is 0. The van der Waals surface area contributed by atoms with Crippen molar-refractivity contribution in [3.8, 4) is 0 Å². The fourth-order valence-corrected chi connectivity index (χ4v) is 21.7. The molecule has 0 rings (SSSR count). The van der Waals surface area contributed by atoms with Gasteiger partial charge >= 0.3 is 94.3 Å². The Balaban J connectivity index is 4.97. The molecule has 0 fully saturated rings. The Labute approximate surface area is 94.3 Å². The normalized spacial score (nSPS) is 15.8. The Morgan fingerprint density at radius 3 is 1.57 bits per heavy atom. The molecule has 14 heavy (non-hydrogen) atoms. The van der Waals surface area contributed by atoms with Gasteiger partial charge < -0.3 is 0 Å². The van der Waals surface area contributed by atoms with Gasteiger partial charge in [0.15, 0.2) is 0 Å². The average molecular weight is 276 g/mol. The van der Waals surface area contributed by atoms with Crippen molar-refractivity contribution >= 4 is 25.1 Å². The molecule has 0 radical (unpaired) electrons. The van der Waals surface area contributed by atoms with Crippen molar-refractivity contribution in [1.82, 2.24) is 0 Å². The Hall–Kier alpha value is 0.445. The summed E-state index contributed by atoms with van der Waals surface area (Å²) in [6.07, 6.45) is 0. The molecule has 0 aliphatic heterocycles. The molecule has 0 aromatic heterocycles. The van der Waals surface area contributed by atoms with Crippen LogP contribution in [0, 0.1) is 5.41 Å². The molecule has 0 N–H and O–H groups in total. The number of carbonyl (C=O) groups is 1. The second-order valence-corrected chi connectivity index (χ2v) is 26.1. The topological polar surface area (TPSA) is 17.1 Å². The van der Waals surface area contributed by atoms with E-state index in [0.29, 0.717) is 9.28 Å². The van der Waals surface area contributed by atoms with Crippen molar-refractivity contribution in [2.45, 2.75) is 59.0 Å². The van der Waals surface area contributed by atoms with Crippen molar-refractivity contribution in [2.24, 2.45) is 5.41 Å². The van der Waals surface area contributed by atoms with Crippen LogP contribution in [0.1, 0.15) is 34.6 Å². The van der Waals surface area contributed by atoms with Gasteiger partial charge in [0.25, 0.3) is 0 Å². The summed E-state index contributed by atoms with van der Waals surface area (Å²) in [5.41, 5.74) is -0.120. The molecule has 0 aliphatic rings. The van der Waals surface area contributed by atoms with Gasteiger partial charge in [0.05, 0.1) is 0 Å². The van der Waals surface area contributed by atoms with Crippen LogP contribution in [0.15, 0.2) is 0 Å². The molecule has 0 spiro atoms. The van der Waals surface area contributed by atoms with Crippen LogP contribution < -0.4 is 0 Å². The molecule has 3 heteroatoms. The number of hydrogen-bond acceptors (Lipinski definition) is 1. The molecule has 1 unspecified atom stereocenters. The summed E-state index contributed by atoms with van der Waals surface area (Å²) < 4.78 is 1.22. The molecule has 0 aromatic rings. The van der Waals surface area contributed by atoms with E-state index in [0.717, 1.165) is 0 Å². The van der Waals surface area contributed by atoms with E-state index in [1.165, 1.54) is 0 Å². The van der Waals surface area contributed by atoms with Crippen molar-refractivity contribution < 1.29 is 4.79 Å². The first-order valence-corrected chi connectivity index (χ1v) is 13.6. The SMILES string of the molecule is CC(C)[As](C(=O)C(C)(C)C)[Si](C)(C)C. The van der Waals surface area contributed by atoms with Crippen LogP contribution in [0.4, 0.5) is 0 Å². The van der Waals surface area contributed by atoms with Gasteiger partial charge in [0.2, 0.25) is 0 Å². The van der Waals surface area contributed by atoms with Crippen molar-refractivity contribution in [3.05, 3.63) is 0 Å². The summed E-state index contributed by atoms with van der Waals surface area (Å²) >= 11 is -1.29. The zero-order valence-electron chi connectivity index (χ0n) is 10.9. The second-order valence-electron chi connectivity index (χ2n) is 6.19. The molecular formula is C11H25AsOSi. The zero-order chi connectivity index (χ0) is 11.7. The third-order valence-corrected chi connectivity index (χ3v) is 20.9. The molecule has 0 saturated carbocycles. The summed E-state index contributed by atoms with van der Waals surface area (Å²) in [4.78, 5) is 12.4. The van der Waals surface area contributed by atoms with Crippen LogP contribution in [-0.4, -0.2) is 25.1 Å². The predicted molar refractivity (Wildman–Crippen MR) is 68.7 cm³/mol. The summed E-state index contributed by atoms with van der Waals surface area (Å²) in [6, 6.07) is 0. The van der Waals surface area contributed by atoms with E-state index in [1.54, 1.807) is 0 Å². The van der Waals surface area contributed by atoms with E-state index in [2.05, 4.69) is 54.3 Å². The van der Waals surface area contributed by atoms with Gasteiger partial charge in [-0.05, 0) is 0 Å². The van der Waals surface area contributed by atoms with Gasteiger partial charge in [-0.15, -0.1) is 0 Å². The Morgan fingerprint density at radius 2 is 1.50 bits per heavy atom. The van der Waals surface area contributed by atoms with E-state index >= 15 is 0 Å². The molecule has 0 saturated heterocycles. The molecular weight excluding hydrogens is 251 g/mol. The fourth-order valence-electron chi connectivity index (χ4n) is 1.68. The van der Waals surface area contributed by atoms with Crippen LogP contribution >= 0.6 is 0 Å². The Bertz CT molecular complexity index is 210. The fraction of sp³-hybridized carbons (Fsp3) is 0.909. The first-order chi connectivity index (χ1) is 5.98. The minimum atomic E-state index is -1.29. The Kier molecular flexibility index (Phi) is 4.67. The predicted octanol–water partition coefficient (Wildman–Crippen LogP) is 3.46. The van der Waals surface area contributed by atoms with E-state index in [-0.39, 0.29) is 5.41 Å². The van der Waals surface area contributed by atoms with Gasteiger partial charge in [-0.2, -0.15) is 0 Å². The second kappa shape index (κ2) is 4.53. The molecule has 1 atom stereocenters. The third kappa shape index (κ3) is 3.90. The summed E-state index contributed by atoms with van der Waals surface area (Å²) in [6.45, 7) is 16.5. The van der Waals surface area contributed by atoms with E-state index in [9.17, 15) is 4.79 Å². The molecule has 0 amide bonds. The zero-order valence-corrected chi connectivity index (χ0v) is 13.8. The van der Waals surface area contributed by atoms with E-state index in [1.807, 2.05) is 0 Å². The van der Waals surface area contributed by atoms with Gasteiger partial charge in [0.1, 0.15) is 0 Å². The van der Waals surface area contributed by atoms with Gasteiger partial charge in [-0.25, -0.2) is 0 Å². The van der Waals surface area contributed by atoms with Crippen molar-refractivity contribution in [3.63, 3.8) is 0 Å². The van der Waals surface area contributed by atoms with Crippen molar-refractivity contribution in [1.29, 1.82) is 0 Å². The third-order valence-electron chi connectivity index (χ3n) is 2.10. The van der Waals surface area contributed by atoms with Gasteiger partial charge in [-0.1, -0.05) is 0 Å². The Morgan fingerprint density at radius 1 is 1.14 bits per heavy atom. The first kappa shape index (κ1) is 14.4. The van der Waals surface area contributed by atoms with Crippen LogP contribution in [0.5, 0.6) is 0 Å². The minimum absolute atomic E-state index is 0.120. The molecule has 1 nitrogen and oxygen atoms in total. The first-order valence-electron chi connectivity index (χ1n) is 5.31. The monoisotopic (exact) mass is 276 g/mol. The summed E-state index contributed by atoms with van der Waals surface area (Å²) in [5, 5.41) is 0. The van der Waals surface area contributed by atoms with Crippen molar-refractivity contribution in [2.75, 3.05) is 0 Å². The standard InChI is InChI=1S/C11H25AsOSi/c1-9(2)12(14(6,7)8)10(13)11(3,4)5/h9H,1-8H3.